The van der Waals surface area contributed by atoms with Crippen molar-refractivity contribution in [1.82, 2.24) is 16.0 Å². The van der Waals surface area contributed by atoms with Gasteiger partial charge in [-0.05, 0) is 39.2 Å². The largest absolute Gasteiger partial charge is 0.481 e. The fraction of sp³-hybridized carbons (Fsp3) is 0.706. The average molecular weight is 433 g/mol. The average Bonchev–Trinajstić information content (AvgIpc) is 2.68. The lowest BCUT2D eigenvalue weighted by atomic mass is 10.1. The molecule has 0 aromatic heterocycles. The highest BCUT2D eigenvalue weighted by atomic mass is 16.4. The van der Waals surface area contributed by atoms with E-state index in [1.807, 2.05) is 0 Å². The summed E-state index contributed by atoms with van der Waals surface area (Å²) in [6, 6.07) is -4.95. The van der Waals surface area contributed by atoms with E-state index < -0.39 is 66.9 Å². The molecule has 0 aromatic rings. The first-order chi connectivity index (χ1) is 14.0. The Morgan fingerprint density at radius 2 is 1.47 bits per heavy atom. The second-order valence-electron chi connectivity index (χ2n) is 6.70. The predicted octanol–water partition coefficient (Wildman–Crippen LogP) is -3.14. The summed E-state index contributed by atoms with van der Waals surface area (Å²) in [6.07, 6.45) is 0.511. The first-order valence-corrected chi connectivity index (χ1v) is 9.45. The molecule has 0 spiro atoms. The second kappa shape index (κ2) is 14.3. The van der Waals surface area contributed by atoms with Gasteiger partial charge in [0.2, 0.25) is 17.7 Å². The molecule has 0 heterocycles. The van der Waals surface area contributed by atoms with E-state index in [0.717, 1.165) is 0 Å². The Hall–Kier alpha value is -2.77. The Balaban J connectivity index is 4.99. The van der Waals surface area contributed by atoms with Crippen LogP contribution in [0.5, 0.6) is 0 Å². The van der Waals surface area contributed by atoms with Crippen molar-refractivity contribution in [1.29, 1.82) is 0 Å². The van der Waals surface area contributed by atoms with Crippen molar-refractivity contribution in [3.63, 3.8) is 0 Å². The van der Waals surface area contributed by atoms with Crippen LogP contribution >= 0.6 is 0 Å². The zero-order valence-electron chi connectivity index (χ0n) is 16.8. The van der Waals surface area contributed by atoms with Gasteiger partial charge < -0.3 is 42.7 Å². The number of rotatable bonds is 15. The number of aliphatic carboxylic acids is 2. The summed E-state index contributed by atoms with van der Waals surface area (Å²) >= 11 is 0. The molecule has 172 valence electrons. The van der Waals surface area contributed by atoms with Gasteiger partial charge in [-0.1, -0.05) is 0 Å². The molecule has 0 aromatic carbocycles. The number of aliphatic hydroxyl groups excluding tert-OH is 1. The van der Waals surface area contributed by atoms with Gasteiger partial charge in [0.25, 0.3) is 0 Å². The molecule has 0 saturated carbocycles. The predicted molar refractivity (Wildman–Crippen MR) is 104 cm³/mol. The van der Waals surface area contributed by atoms with Gasteiger partial charge in [-0.3, -0.25) is 19.2 Å². The third-order valence-electron chi connectivity index (χ3n) is 4.13. The van der Waals surface area contributed by atoms with E-state index in [-0.39, 0.29) is 12.8 Å². The highest BCUT2D eigenvalue weighted by molar-refractivity contribution is 5.94. The molecule has 0 aliphatic rings. The third-order valence-corrected chi connectivity index (χ3v) is 4.13. The SMILES string of the molecule is CC(NC(=O)C(CCC(=O)O)NC(=O)C(N)CO)C(=O)NC(CCCCN)C(=O)O. The Bertz CT molecular complexity index is 615. The van der Waals surface area contributed by atoms with Crippen molar-refractivity contribution in [3.8, 4) is 0 Å². The number of amides is 3. The number of aliphatic hydroxyl groups is 1. The van der Waals surface area contributed by atoms with Crippen LogP contribution in [0.2, 0.25) is 0 Å². The molecule has 0 saturated heterocycles. The van der Waals surface area contributed by atoms with Crippen molar-refractivity contribution in [2.75, 3.05) is 13.2 Å². The van der Waals surface area contributed by atoms with Crippen LogP contribution in [0.4, 0.5) is 0 Å². The number of hydrogen-bond acceptors (Lipinski definition) is 8. The standard InChI is InChI=1S/C17H31N5O8/c1-9(14(26)22-12(17(29)30)4-2-3-7-18)20-16(28)11(5-6-13(24)25)21-15(27)10(19)8-23/h9-12,23H,2-8,18-19H2,1H3,(H,20,28)(H,21,27)(H,22,26)(H,24,25)(H,29,30). The van der Waals surface area contributed by atoms with Crippen LogP contribution in [-0.2, 0) is 24.0 Å². The molecule has 3 amide bonds. The Kier molecular flexibility index (Phi) is 12.9. The summed E-state index contributed by atoms with van der Waals surface area (Å²) in [5.41, 5.74) is 10.7. The van der Waals surface area contributed by atoms with E-state index in [9.17, 15) is 29.1 Å². The topological polar surface area (TPSA) is 234 Å². The van der Waals surface area contributed by atoms with E-state index >= 15 is 0 Å². The van der Waals surface area contributed by atoms with E-state index in [2.05, 4.69) is 16.0 Å². The third kappa shape index (κ3) is 10.7. The number of hydrogen-bond donors (Lipinski definition) is 8. The first-order valence-electron chi connectivity index (χ1n) is 9.45. The van der Waals surface area contributed by atoms with Crippen molar-refractivity contribution in [3.05, 3.63) is 0 Å². The van der Waals surface area contributed by atoms with Crippen LogP contribution in [0.25, 0.3) is 0 Å². The number of nitrogens with one attached hydrogen (secondary N) is 3. The van der Waals surface area contributed by atoms with Gasteiger partial charge in [0, 0.05) is 6.42 Å². The van der Waals surface area contributed by atoms with Gasteiger partial charge in [0.1, 0.15) is 24.2 Å². The van der Waals surface area contributed by atoms with Crippen LogP contribution in [-0.4, -0.2) is 82.3 Å². The van der Waals surface area contributed by atoms with Crippen molar-refractivity contribution < 1.29 is 39.3 Å². The van der Waals surface area contributed by atoms with Gasteiger partial charge >= 0.3 is 11.9 Å². The molecule has 4 unspecified atom stereocenters. The molecule has 0 rings (SSSR count). The number of carboxylic acid groups (broad SMARTS) is 2. The molecule has 13 nitrogen and oxygen atoms in total. The summed E-state index contributed by atoms with van der Waals surface area (Å²) in [6.45, 7) is 1.01. The molecule has 4 atom stereocenters. The van der Waals surface area contributed by atoms with Crippen molar-refractivity contribution in [2.24, 2.45) is 11.5 Å². The summed E-state index contributed by atoms with van der Waals surface area (Å²) in [4.78, 5) is 58.5. The van der Waals surface area contributed by atoms with Gasteiger partial charge in [0.05, 0.1) is 6.61 Å². The maximum absolute atomic E-state index is 12.4. The van der Waals surface area contributed by atoms with Crippen molar-refractivity contribution in [2.45, 2.75) is 63.2 Å². The molecular formula is C17H31N5O8. The summed E-state index contributed by atoms with van der Waals surface area (Å²) < 4.78 is 0. The number of nitrogens with two attached hydrogens (primary N) is 2. The van der Waals surface area contributed by atoms with Crippen LogP contribution in [0.3, 0.4) is 0 Å². The maximum atomic E-state index is 12.4. The molecule has 30 heavy (non-hydrogen) atoms. The monoisotopic (exact) mass is 433 g/mol. The van der Waals surface area contributed by atoms with Crippen LogP contribution < -0.4 is 27.4 Å². The summed E-state index contributed by atoms with van der Waals surface area (Å²) in [5, 5.41) is 33.8. The van der Waals surface area contributed by atoms with Crippen molar-refractivity contribution >= 4 is 29.7 Å². The lowest BCUT2D eigenvalue weighted by Crippen LogP contribution is -2.56. The molecule has 0 fully saturated rings. The number of carbonyl (C=O) groups excluding carboxylic acids is 3. The zero-order chi connectivity index (χ0) is 23.3. The molecule has 0 bridgehead atoms. The van der Waals surface area contributed by atoms with Crippen LogP contribution in [0, 0.1) is 0 Å². The molecular weight excluding hydrogens is 402 g/mol. The minimum absolute atomic E-state index is 0.162. The minimum Gasteiger partial charge on any atom is -0.481 e. The fourth-order valence-corrected chi connectivity index (χ4v) is 2.32. The molecule has 10 N–H and O–H groups in total. The summed E-state index contributed by atoms with van der Waals surface area (Å²) in [5.74, 6) is -4.93. The lowest BCUT2D eigenvalue weighted by molar-refractivity contribution is -0.142. The van der Waals surface area contributed by atoms with E-state index in [1.165, 1.54) is 6.92 Å². The van der Waals surface area contributed by atoms with Gasteiger partial charge in [0.15, 0.2) is 0 Å². The first kappa shape index (κ1) is 27.2. The van der Waals surface area contributed by atoms with Crippen LogP contribution in [0.15, 0.2) is 0 Å². The van der Waals surface area contributed by atoms with E-state index in [0.29, 0.717) is 19.4 Å². The van der Waals surface area contributed by atoms with Gasteiger partial charge in [-0.2, -0.15) is 0 Å². The Labute approximate surface area is 173 Å². The Morgan fingerprint density at radius 1 is 0.867 bits per heavy atom. The van der Waals surface area contributed by atoms with E-state index in [4.69, 9.17) is 21.7 Å². The zero-order valence-corrected chi connectivity index (χ0v) is 16.8. The fourth-order valence-electron chi connectivity index (χ4n) is 2.32. The van der Waals surface area contributed by atoms with Gasteiger partial charge in [-0.15, -0.1) is 0 Å². The van der Waals surface area contributed by atoms with Crippen LogP contribution in [0.1, 0.15) is 39.0 Å². The Morgan fingerprint density at radius 3 is 1.97 bits per heavy atom. The summed E-state index contributed by atoms with van der Waals surface area (Å²) in [7, 11) is 0. The molecule has 13 heteroatoms. The maximum Gasteiger partial charge on any atom is 0.326 e. The normalized spacial score (nSPS) is 14.7. The van der Waals surface area contributed by atoms with E-state index in [1.54, 1.807) is 0 Å². The molecule has 0 aliphatic heterocycles. The highest BCUT2D eigenvalue weighted by Gasteiger charge is 2.28. The number of unbranched alkanes of at least 4 members (excludes halogenated alkanes) is 1. The molecule has 0 aliphatic carbocycles. The smallest absolute Gasteiger partial charge is 0.326 e. The quantitative estimate of drug-likeness (QED) is 0.121. The van der Waals surface area contributed by atoms with Gasteiger partial charge in [-0.25, -0.2) is 4.79 Å². The number of carbonyl (C=O) groups is 5. The highest BCUT2D eigenvalue weighted by Crippen LogP contribution is 2.03. The molecule has 0 radical (unpaired) electrons. The number of carboxylic acids is 2. The minimum atomic E-state index is -1.32. The second-order valence-corrected chi connectivity index (χ2v) is 6.70. The lowest BCUT2D eigenvalue weighted by Gasteiger charge is -2.23.